The second-order valence-corrected chi connectivity index (χ2v) is 2.85. The van der Waals surface area contributed by atoms with Gasteiger partial charge in [-0.05, 0) is 22.4 Å². The molecule has 0 unspecified atom stereocenters. The van der Waals surface area contributed by atoms with Crippen molar-refractivity contribution in [2.24, 2.45) is 0 Å². The number of rotatable bonds is 0. The van der Waals surface area contributed by atoms with E-state index in [2.05, 4.69) is 30.7 Å². The van der Waals surface area contributed by atoms with Gasteiger partial charge in [0, 0.05) is 13.0 Å². The highest BCUT2D eigenvalue weighted by atomic mass is 79.9. The smallest absolute Gasteiger partial charge is 0.200 e. The summed E-state index contributed by atoms with van der Waals surface area (Å²) in [5.74, 6) is 1.11. The van der Waals surface area contributed by atoms with Crippen molar-refractivity contribution in [2.75, 3.05) is 0 Å². The van der Waals surface area contributed by atoms with E-state index in [4.69, 9.17) is 0 Å². The monoisotopic (exact) mass is 187 g/mol. The van der Waals surface area contributed by atoms with Gasteiger partial charge in [0.15, 0.2) is 4.73 Å². The lowest BCUT2D eigenvalue weighted by molar-refractivity contribution is 0.724. The average molecular weight is 188 g/mol. The van der Waals surface area contributed by atoms with Crippen LogP contribution in [-0.4, -0.2) is 14.8 Å². The summed E-state index contributed by atoms with van der Waals surface area (Å²) in [6.45, 7) is 1.07. The van der Waals surface area contributed by atoms with Crippen LogP contribution in [0.3, 0.4) is 0 Å². The summed E-state index contributed by atoms with van der Waals surface area (Å²) in [5.41, 5.74) is 0. The molecule has 1 aromatic rings. The van der Waals surface area contributed by atoms with Gasteiger partial charge in [0.2, 0.25) is 0 Å². The first-order valence-corrected chi connectivity index (χ1v) is 3.75. The highest BCUT2D eigenvalue weighted by Gasteiger charge is 2.14. The van der Waals surface area contributed by atoms with Gasteiger partial charge >= 0.3 is 0 Å². The largest absolute Gasteiger partial charge is 0.306 e. The first-order valence-electron chi connectivity index (χ1n) is 2.95. The molecule has 1 aliphatic heterocycles. The van der Waals surface area contributed by atoms with Crippen LogP contribution in [0.15, 0.2) is 4.73 Å². The Labute approximate surface area is 61.2 Å². The van der Waals surface area contributed by atoms with Crippen molar-refractivity contribution >= 4 is 15.9 Å². The Hall–Kier alpha value is -0.380. The molecule has 0 aromatic carbocycles. The molecule has 0 atom stereocenters. The van der Waals surface area contributed by atoms with Crippen molar-refractivity contribution in [1.29, 1.82) is 0 Å². The zero-order valence-corrected chi connectivity index (χ0v) is 6.43. The number of halogens is 1. The summed E-state index contributed by atoms with van der Waals surface area (Å²) in [7, 11) is 0. The molecule has 0 saturated heterocycles. The molecule has 0 bridgehead atoms. The third-order valence-electron chi connectivity index (χ3n) is 1.56. The molecule has 3 nitrogen and oxygen atoms in total. The average Bonchev–Trinajstić information content (AvgIpc) is 2.35. The molecule has 4 heteroatoms. The van der Waals surface area contributed by atoms with E-state index in [1.807, 2.05) is 0 Å². The molecule has 0 amide bonds. The van der Waals surface area contributed by atoms with E-state index in [0.29, 0.717) is 0 Å². The molecule has 0 radical (unpaired) electrons. The maximum Gasteiger partial charge on any atom is 0.200 e. The topological polar surface area (TPSA) is 30.7 Å². The second-order valence-electron chi connectivity index (χ2n) is 2.14. The first kappa shape index (κ1) is 5.41. The van der Waals surface area contributed by atoms with E-state index in [9.17, 15) is 0 Å². The van der Waals surface area contributed by atoms with E-state index in [1.165, 1.54) is 6.42 Å². The van der Waals surface area contributed by atoms with Gasteiger partial charge in [-0.25, -0.2) is 0 Å². The molecule has 9 heavy (non-hydrogen) atoms. The van der Waals surface area contributed by atoms with Crippen molar-refractivity contribution in [1.82, 2.24) is 14.8 Å². The zero-order chi connectivity index (χ0) is 6.27. The lowest BCUT2D eigenvalue weighted by Gasteiger charge is -1.91. The molecule has 2 rings (SSSR count). The van der Waals surface area contributed by atoms with Crippen LogP contribution in [-0.2, 0) is 13.0 Å². The Morgan fingerprint density at radius 1 is 1.44 bits per heavy atom. The minimum absolute atomic E-state index is 0.870. The van der Waals surface area contributed by atoms with Crippen LogP contribution in [0.2, 0.25) is 0 Å². The Morgan fingerprint density at radius 2 is 2.33 bits per heavy atom. The summed E-state index contributed by atoms with van der Waals surface area (Å²) >= 11 is 3.31. The Balaban J connectivity index is 2.56. The molecule has 1 aromatic heterocycles. The number of hydrogen-bond acceptors (Lipinski definition) is 2. The van der Waals surface area contributed by atoms with Crippen LogP contribution in [0.5, 0.6) is 0 Å². The van der Waals surface area contributed by atoms with Crippen LogP contribution in [0.25, 0.3) is 0 Å². The van der Waals surface area contributed by atoms with Crippen molar-refractivity contribution in [3.05, 3.63) is 10.6 Å². The van der Waals surface area contributed by atoms with E-state index >= 15 is 0 Å². The quantitative estimate of drug-likeness (QED) is 0.607. The molecule has 0 fully saturated rings. The lowest BCUT2D eigenvalue weighted by atomic mass is 10.4. The third-order valence-corrected chi connectivity index (χ3v) is 2.15. The van der Waals surface area contributed by atoms with Gasteiger partial charge in [-0.1, -0.05) is 0 Å². The van der Waals surface area contributed by atoms with Gasteiger partial charge in [-0.3, -0.25) is 0 Å². The summed E-state index contributed by atoms with van der Waals surface area (Å²) < 4.78 is 2.97. The van der Waals surface area contributed by atoms with Gasteiger partial charge in [0.05, 0.1) is 0 Å². The molecular weight excluding hydrogens is 182 g/mol. The predicted molar refractivity (Wildman–Crippen MR) is 36.0 cm³/mol. The Kier molecular flexibility index (Phi) is 1.08. The lowest BCUT2D eigenvalue weighted by Crippen LogP contribution is -1.91. The van der Waals surface area contributed by atoms with E-state index < -0.39 is 0 Å². The highest BCUT2D eigenvalue weighted by molar-refractivity contribution is 9.10. The zero-order valence-electron chi connectivity index (χ0n) is 4.84. The van der Waals surface area contributed by atoms with Gasteiger partial charge < -0.3 is 4.57 Å². The molecule has 0 aliphatic carbocycles. The van der Waals surface area contributed by atoms with Crippen molar-refractivity contribution < 1.29 is 0 Å². The van der Waals surface area contributed by atoms with Crippen LogP contribution < -0.4 is 0 Å². The minimum atomic E-state index is 0.870. The van der Waals surface area contributed by atoms with Crippen LogP contribution in [0.1, 0.15) is 12.2 Å². The van der Waals surface area contributed by atoms with Gasteiger partial charge in [-0.2, -0.15) is 0 Å². The Bertz CT molecular complexity index is 230. The molecule has 0 spiro atoms. The molecular formula is C5H6BrN3. The van der Waals surface area contributed by atoms with Crippen molar-refractivity contribution in [3.8, 4) is 0 Å². The fraction of sp³-hybridized carbons (Fsp3) is 0.600. The standard InChI is InChI=1S/C5H6BrN3/c6-5-8-7-4-2-1-3-9(4)5/h1-3H2. The maximum absolute atomic E-state index is 3.96. The van der Waals surface area contributed by atoms with Gasteiger partial charge in [0.25, 0.3) is 0 Å². The number of fused-ring (bicyclic) bond motifs is 1. The normalized spacial score (nSPS) is 16.1. The van der Waals surface area contributed by atoms with E-state index in [0.717, 1.165) is 23.5 Å². The van der Waals surface area contributed by atoms with Crippen molar-refractivity contribution in [2.45, 2.75) is 19.4 Å². The highest BCUT2D eigenvalue weighted by Crippen LogP contribution is 2.16. The maximum atomic E-state index is 3.96. The van der Waals surface area contributed by atoms with Crippen LogP contribution >= 0.6 is 15.9 Å². The first-order chi connectivity index (χ1) is 4.38. The van der Waals surface area contributed by atoms with E-state index in [1.54, 1.807) is 0 Å². The number of aromatic nitrogens is 3. The van der Waals surface area contributed by atoms with Crippen molar-refractivity contribution in [3.63, 3.8) is 0 Å². The predicted octanol–water partition coefficient (Wildman–Crippen LogP) is 0.987. The summed E-state index contributed by atoms with van der Waals surface area (Å²) in [6.07, 6.45) is 2.29. The fourth-order valence-electron chi connectivity index (χ4n) is 1.11. The SMILES string of the molecule is Brc1nnc2n1CCC2. The molecule has 2 heterocycles. The van der Waals surface area contributed by atoms with Crippen LogP contribution in [0.4, 0.5) is 0 Å². The number of aryl methyl sites for hydroxylation is 1. The second kappa shape index (κ2) is 1.80. The van der Waals surface area contributed by atoms with E-state index in [-0.39, 0.29) is 0 Å². The van der Waals surface area contributed by atoms with Gasteiger partial charge in [-0.15, -0.1) is 10.2 Å². The number of nitrogens with zero attached hydrogens (tertiary/aromatic N) is 3. The molecule has 1 aliphatic rings. The van der Waals surface area contributed by atoms with Gasteiger partial charge in [0.1, 0.15) is 5.82 Å². The van der Waals surface area contributed by atoms with Crippen LogP contribution in [0, 0.1) is 0 Å². The number of hydrogen-bond donors (Lipinski definition) is 0. The summed E-state index contributed by atoms with van der Waals surface area (Å²) in [4.78, 5) is 0. The Morgan fingerprint density at radius 3 is 3.11 bits per heavy atom. The molecule has 0 saturated carbocycles. The summed E-state index contributed by atoms with van der Waals surface area (Å²) in [5, 5.41) is 7.83. The third kappa shape index (κ3) is 0.694. The molecule has 0 N–H and O–H groups in total. The summed E-state index contributed by atoms with van der Waals surface area (Å²) in [6, 6.07) is 0. The fourth-order valence-corrected chi connectivity index (χ4v) is 1.58. The minimum Gasteiger partial charge on any atom is -0.306 e. The molecule has 48 valence electrons.